The highest BCUT2D eigenvalue weighted by Crippen LogP contribution is 2.24. The average molecular weight is 281 g/mol. The molecular weight excluding hydrogens is 262 g/mol. The number of fused-ring (bicyclic) bond motifs is 1. The van der Waals surface area contributed by atoms with Crippen molar-refractivity contribution in [1.29, 1.82) is 5.26 Å². The Labute approximate surface area is 125 Å². The lowest BCUT2D eigenvalue weighted by molar-refractivity contribution is 0.115. The maximum atomic E-state index is 9.44. The van der Waals surface area contributed by atoms with E-state index in [9.17, 15) is 5.26 Å². The Bertz CT molecular complexity index is 671. The number of benzene rings is 1. The molecule has 1 fully saturated rings. The van der Waals surface area contributed by atoms with E-state index in [2.05, 4.69) is 17.9 Å². The molecule has 3 rings (SSSR count). The largest absolute Gasteiger partial charge is 0.376 e. The first-order chi connectivity index (χ1) is 10.3. The molecule has 0 radical (unpaired) electrons. The average Bonchev–Trinajstić information content (AvgIpc) is 3.04. The van der Waals surface area contributed by atoms with E-state index < -0.39 is 0 Å². The van der Waals surface area contributed by atoms with Crippen molar-refractivity contribution in [2.24, 2.45) is 0 Å². The van der Waals surface area contributed by atoms with Gasteiger partial charge in [0.2, 0.25) is 0 Å². The SMILES string of the molecule is CCN(CC1CCCO1)c1nc2ccccc2cc1C#N. The van der Waals surface area contributed by atoms with Gasteiger partial charge >= 0.3 is 0 Å². The zero-order valence-corrected chi connectivity index (χ0v) is 12.2. The second kappa shape index (κ2) is 6.11. The van der Waals surface area contributed by atoms with Crippen LogP contribution in [0, 0.1) is 11.3 Å². The minimum atomic E-state index is 0.254. The molecule has 0 aliphatic carbocycles. The molecule has 1 saturated heterocycles. The molecule has 4 nitrogen and oxygen atoms in total. The van der Waals surface area contributed by atoms with E-state index in [1.54, 1.807) is 0 Å². The van der Waals surface area contributed by atoms with Gasteiger partial charge in [0.25, 0.3) is 0 Å². The van der Waals surface area contributed by atoms with Crippen LogP contribution in [0.15, 0.2) is 30.3 Å². The van der Waals surface area contributed by atoms with Crippen LogP contribution in [0.25, 0.3) is 10.9 Å². The molecule has 1 aliphatic rings. The number of likely N-dealkylation sites (N-methyl/N-ethyl adjacent to an activating group) is 1. The van der Waals surface area contributed by atoms with Crippen molar-refractivity contribution in [1.82, 2.24) is 4.98 Å². The van der Waals surface area contributed by atoms with Gasteiger partial charge in [-0.3, -0.25) is 0 Å². The van der Waals surface area contributed by atoms with E-state index in [4.69, 9.17) is 9.72 Å². The van der Waals surface area contributed by atoms with Crippen LogP contribution < -0.4 is 4.90 Å². The standard InChI is InChI=1S/C17H19N3O/c1-2-20(12-15-7-5-9-21-15)17-14(11-18)10-13-6-3-4-8-16(13)19-17/h3-4,6,8,10,15H,2,5,7,9,12H2,1H3. The quantitative estimate of drug-likeness (QED) is 0.864. The van der Waals surface area contributed by atoms with Gasteiger partial charge in [-0.2, -0.15) is 5.26 Å². The third-order valence-corrected chi connectivity index (χ3v) is 3.95. The summed E-state index contributed by atoms with van der Waals surface area (Å²) in [5.74, 6) is 0.772. The molecule has 21 heavy (non-hydrogen) atoms. The minimum Gasteiger partial charge on any atom is -0.376 e. The van der Waals surface area contributed by atoms with E-state index in [1.807, 2.05) is 30.3 Å². The Morgan fingerprint density at radius 3 is 3.00 bits per heavy atom. The predicted molar refractivity (Wildman–Crippen MR) is 83.3 cm³/mol. The lowest BCUT2D eigenvalue weighted by Crippen LogP contribution is -2.33. The summed E-state index contributed by atoms with van der Waals surface area (Å²) >= 11 is 0. The summed E-state index contributed by atoms with van der Waals surface area (Å²) in [6, 6.07) is 12.1. The smallest absolute Gasteiger partial charge is 0.147 e. The first-order valence-corrected chi connectivity index (χ1v) is 7.48. The number of nitriles is 1. The third kappa shape index (κ3) is 2.84. The van der Waals surface area contributed by atoms with Gasteiger partial charge < -0.3 is 9.64 Å². The topological polar surface area (TPSA) is 49.1 Å². The molecule has 0 bridgehead atoms. The van der Waals surface area contributed by atoms with E-state index in [0.717, 1.165) is 49.3 Å². The van der Waals surface area contributed by atoms with Gasteiger partial charge in [-0.15, -0.1) is 0 Å². The molecule has 1 aromatic carbocycles. The van der Waals surface area contributed by atoms with Gasteiger partial charge in [0.05, 0.1) is 17.2 Å². The Morgan fingerprint density at radius 2 is 2.29 bits per heavy atom. The van der Waals surface area contributed by atoms with Crippen molar-refractivity contribution in [2.45, 2.75) is 25.9 Å². The van der Waals surface area contributed by atoms with E-state index in [0.29, 0.717) is 5.56 Å². The van der Waals surface area contributed by atoms with Gasteiger partial charge in [-0.25, -0.2) is 4.98 Å². The molecule has 0 amide bonds. The van der Waals surface area contributed by atoms with Crippen molar-refractivity contribution >= 4 is 16.7 Å². The van der Waals surface area contributed by atoms with Crippen LogP contribution in [0.4, 0.5) is 5.82 Å². The number of rotatable bonds is 4. The summed E-state index contributed by atoms with van der Waals surface area (Å²) in [6.07, 6.45) is 2.47. The molecular formula is C17H19N3O. The highest BCUT2D eigenvalue weighted by Gasteiger charge is 2.21. The molecule has 1 unspecified atom stereocenters. The zero-order chi connectivity index (χ0) is 14.7. The number of hydrogen-bond acceptors (Lipinski definition) is 4. The molecule has 2 heterocycles. The van der Waals surface area contributed by atoms with Gasteiger partial charge in [0.15, 0.2) is 0 Å². The van der Waals surface area contributed by atoms with Crippen LogP contribution in [-0.4, -0.2) is 30.8 Å². The first-order valence-electron chi connectivity index (χ1n) is 7.48. The highest BCUT2D eigenvalue weighted by molar-refractivity contribution is 5.83. The zero-order valence-electron chi connectivity index (χ0n) is 12.2. The third-order valence-electron chi connectivity index (χ3n) is 3.95. The van der Waals surface area contributed by atoms with Crippen molar-refractivity contribution in [3.05, 3.63) is 35.9 Å². The van der Waals surface area contributed by atoms with Crippen molar-refractivity contribution in [3.8, 4) is 6.07 Å². The number of aromatic nitrogens is 1. The number of anilines is 1. The fraction of sp³-hybridized carbons (Fsp3) is 0.412. The minimum absolute atomic E-state index is 0.254. The van der Waals surface area contributed by atoms with Crippen LogP contribution in [0.1, 0.15) is 25.3 Å². The molecule has 108 valence electrons. The van der Waals surface area contributed by atoms with Crippen LogP contribution in [0.3, 0.4) is 0 Å². The maximum Gasteiger partial charge on any atom is 0.147 e. The van der Waals surface area contributed by atoms with Crippen LogP contribution in [0.2, 0.25) is 0 Å². The molecule has 1 atom stereocenters. The second-order valence-electron chi connectivity index (χ2n) is 5.34. The fourth-order valence-electron chi connectivity index (χ4n) is 2.83. The molecule has 1 aliphatic heterocycles. The Morgan fingerprint density at radius 1 is 1.43 bits per heavy atom. The summed E-state index contributed by atoms with van der Waals surface area (Å²) in [4.78, 5) is 6.86. The van der Waals surface area contributed by atoms with E-state index in [-0.39, 0.29) is 6.10 Å². The Hall–Kier alpha value is -2.12. The lowest BCUT2D eigenvalue weighted by atomic mass is 10.1. The van der Waals surface area contributed by atoms with Gasteiger partial charge in [0.1, 0.15) is 11.9 Å². The van der Waals surface area contributed by atoms with Gasteiger partial charge in [-0.05, 0) is 31.9 Å². The second-order valence-corrected chi connectivity index (χ2v) is 5.34. The number of para-hydroxylation sites is 1. The maximum absolute atomic E-state index is 9.44. The normalized spacial score (nSPS) is 17.8. The molecule has 4 heteroatoms. The van der Waals surface area contributed by atoms with E-state index in [1.165, 1.54) is 0 Å². The number of ether oxygens (including phenoxy) is 1. The Kier molecular flexibility index (Phi) is 4.03. The molecule has 2 aromatic rings. The molecule has 0 N–H and O–H groups in total. The van der Waals surface area contributed by atoms with Crippen molar-refractivity contribution in [3.63, 3.8) is 0 Å². The molecule has 1 aromatic heterocycles. The first kappa shape index (κ1) is 13.8. The van der Waals surface area contributed by atoms with Gasteiger partial charge in [-0.1, -0.05) is 18.2 Å². The van der Waals surface area contributed by atoms with Crippen LogP contribution >= 0.6 is 0 Å². The van der Waals surface area contributed by atoms with Crippen molar-refractivity contribution in [2.75, 3.05) is 24.6 Å². The van der Waals surface area contributed by atoms with Crippen molar-refractivity contribution < 1.29 is 4.74 Å². The fourth-order valence-corrected chi connectivity index (χ4v) is 2.83. The van der Waals surface area contributed by atoms with Gasteiger partial charge in [0, 0.05) is 25.1 Å². The lowest BCUT2D eigenvalue weighted by Gasteiger charge is -2.26. The number of pyridine rings is 1. The highest BCUT2D eigenvalue weighted by atomic mass is 16.5. The molecule has 0 saturated carbocycles. The summed E-state index contributed by atoms with van der Waals surface area (Å²) < 4.78 is 5.72. The monoisotopic (exact) mass is 281 g/mol. The summed E-state index contributed by atoms with van der Waals surface area (Å²) in [5.41, 5.74) is 1.56. The van der Waals surface area contributed by atoms with Crippen LogP contribution in [-0.2, 0) is 4.74 Å². The summed E-state index contributed by atoms with van der Waals surface area (Å²) in [6.45, 7) is 4.56. The van der Waals surface area contributed by atoms with E-state index >= 15 is 0 Å². The number of hydrogen-bond donors (Lipinski definition) is 0. The number of nitrogens with zero attached hydrogens (tertiary/aromatic N) is 3. The summed E-state index contributed by atoms with van der Waals surface area (Å²) in [7, 11) is 0. The Balaban J connectivity index is 1.97. The summed E-state index contributed by atoms with van der Waals surface area (Å²) in [5, 5.41) is 10.4. The molecule has 0 spiro atoms. The predicted octanol–water partition coefficient (Wildman–Crippen LogP) is 3.11. The van der Waals surface area contributed by atoms with Crippen LogP contribution in [0.5, 0.6) is 0 Å².